The number of amides is 1. The largest absolute Gasteiger partial charge is 0.507 e. The smallest absolute Gasteiger partial charge is 0.275 e. The van der Waals surface area contributed by atoms with Crippen LogP contribution in [0.3, 0.4) is 0 Å². The van der Waals surface area contributed by atoms with Crippen LogP contribution >= 0.6 is 22.9 Å². The molecule has 24 heavy (non-hydrogen) atoms. The molecule has 1 amide bonds. The number of rotatable bonds is 5. The van der Waals surface area contributed by atoms with Crippen molar-refractivity contribution in [2.75, 3.05) is 0 Å². The lowest BCUT2D eigenvalue weighted by molar-refractivity contribution is 0.0952. The van der Waals surface area contributed by atoms with Gasteiger partial charge in [0.25, 0.3) is 5.91 Å². The molecule has 6 heteroatoms. The molecule has 0 bridgehead atoms. The first kappa shape index (κ1) is 18.5. The first-order valence-electron chi connectivity index (χ1n) is 7.75. The molecule has 0 atom stereocenters. The lowest BCUT2D eigenvalue weighted by atomic mass is 9.92. The van der Waals surface area contributed by atoms with Crippen LogP contribution in [0.2, 0.25) is 4.34 Å². The molecule has 0 aliphatic carbocycles. The van der Waals surface area contributed by atoms with E-state index in [0.29, 0.717) is 4.34 Å². The minimum absolute atomic E-state index is 0.0151. The number of hydrazone groups is 1. The number of carbonyl (C=O) groups is 1. The minimum atomic E-state index is -0.434. The van der Waals surface area contributed by atoms with Gasteiger partial charge in [-0.3, -0.25) is 4.79 Å². The van der Waals surface area contributed by atoms with E-state index in [2.05, 4.69) is 24.4 Å². The molecule has 0 aliphatic heterocycles. The number of phenols is 1. The Labute approximate surface area is 151 Å². The Morgan fingerprint density at radius 2 is 1.96 bits per heavy atom. The summed E-state index contributed by atoms with van der Waals surface area (Å²) in [6, 6.07) is 7.26. The first-order chi connectivity index (χ1) is 11.3. The Balaban J connectivity index is 2.26. The Morgan fingerprint density at radius 1 is 1.25 bits per heavy atom. The molecule has 0 aliphatic rings. The predicted molar refractivity (Wildman–Crippen MR) is 101 cm³/mol. The van der Waals surface area contributed by atoms with Crippen LogP contribution in [0.1, 0.15) is 65.9 Å². The zero-order valence-corrected chi connectivity index (χ0v) is 15.7. The average molecular weight is 365 g/mol. The number of thiophene rings is 1. The summed E-state index contributed by atoms with van der Waals surface area (Å²) in [5.74, 6) is -0.0458. The molecule has 0 unspecified atom stereocenters. The third kappa shape index (κ3) is 4.36. The van der Waals surface area contributed by atoms with Crippen LogP contribution < -0.4 is 5.43 Å². The van der Waals surface area contributed by atoms with E-state index in [1.807, 2.05) is 26.0 Å². The number of nitrogens with one attached hydrogen (secondary N) is 1. The fourth-order valence-corrected chi connectivity index (χ4v) is 3.17. The Bertz CT molecular complexity index is 766. The van der Waals surface area contributed by atoms with E-state index in [0.717, 1.165) is 16.0 Å². The number of aromatic hydroxyl groups is 1. The van der Waals surface area contributed by atoms with Gasteiger partial charge in [0.2, 0.25) is 0 Å². The van der Waals surface area contributed by atoms with Gasteiger partial charge >= 0.3 is 0 Å². The predicted octanol–water partition coefficient (Wildman–Crippen LogP) is 5.12. The maximum Gasteiger partial charge on any atom is 0.275 e. The third-order valence-electron chi connectivity index (χ3n) is 3.65. The quantitative estimate of drug-likeness (QED) is 0.571. The van der Waals surface area contributed by atoms with Crippen molar-refractivity contribution in [1.29, 1.82) is 0 Å². The van der Waals surface area contributed by atoms with Crippen molar-refractivity contribution in [1.82, 2.24) is 5.43 Å². The summed E-state index contributed by atoms with van der Waals surface area (Å²) in [5.41, 5.74) is 4.48. The maximum absolute atomic E-state index is 12.4. The number of halogens is 1. The molecule has 0 radical (unpaired) electrons. The van der Waals surface area contributed by atoms with Crippen LogP contribution in [0, 0.1) is 0 Å². The molecule has 1 aromatic heterocycles. The molecule has 2 rings (SSSR count). The highest BCUT2D eigenvalue weighted by Crippen LogP contribution is 2.33. The standard InChI is InChI=1S/C18H21ClN2O2S/c1-10(2)12-7-14(11(3)4)17(22)15(8-12)18(23)21-20-9-13-5-6-16(19)24-13/h5-11,22H,1-4H3,(H,21,23)/b20-9-. The highest BCUT2D eigenvalue weighted by atomic mass is 35.5. The van der Waals surface area contributed by atoms with Crippen molar-refractivity contribution in [2.45, 2.75) is 39.5 Å². The van der Waals surface area contributed by atoms with Crippen LogP contribution in [0.4, 0.5) is 0 Å². The highest BCUT2D eigenvalue weighted by Gasteiger charge is 2.18. The van der Waals surface area contributed by atoms with Crippen molar-refractivity contribution in [3.8, 4) is 5.75 Å². The van der Waals surface area contributed by atoms with Crippen LogP contribution in [0.15, 0.2) is 29.4 Å². The summed E-state index contributed by atoms with van der Waals surface area (Å²) < 4.78 is 0.659. The molecule has 0 fully saturated rings. The van der Waals surface area contributed by atoms with Crippen molar-refractivity contribution in [3.05, 3.63) is 50.2 Å². The fourth-order valence-electron chi connectivity index (χ4n) is 2.24. The van der Waals surface area contributed by atoms with Crippen molar-refractivity contribution < 1.29 is 9.90 Å². The summed E-state index contributed by atoms with van der Waals surface area (Å²) in [4.78, 5) is 13.2. The molecular formula is C18H21ClN2O2S. The number of nitrogens with zero attached hydrogens (tertiary/aromatic N) is 1. The van der Waals surface area contributed by atoms with Gasteiger partial charge in [-0.15, -0.1) is 11.3 Å². The summed E-state index contributed by atoms with van der Waals surface area (Å²) in [6.45, 7) is 8.08. The number of benzene rings is 1. The highest BCUT2D eigenvalue weighted by molar-refractivity contribution is 7.17. The summed E-state index contributed by atoms with van der Waals surface area (Å²) in [7, 11) is 0. The van der Waals surface area contributed by atoms with Crippen LogP contribution in [0.5, 0.6) is 5.75 Å². The zero-order chi connectivity index (χ0) is 17.9. The average Bonchev–Trinajstić information content (AvgIpc) is 2.92. The van der Waals surface area contributed by atoms with Crippen LogP contribution in [-0.2, 0) is 0 Å². The molecule has 1 aromatic carbocycles. The second-order valence-corrected chi connectivity index (χ2v) is 7.90. The molecule has 4 nitrogen and oxygen atoms in total. The van der Waals surface area contributed by atoms with Gasteiger partial charge in [0, 0.05) is 4.88 Å². The number of carbonyl (C=O) groups excluding carboxylic acids is 1. The van der Waals surface area contributed by atoms with Gasteiger partial charge in [-0.1, -0.05) is 45.4 Å². The summed E-state index contributed by atoms with van der Waals surface area (Å²) >= 11 is 7.22. The SMILES string of the molecule is CC(C)c1cc(C(=O)N/N=C\c2ccc(Cl)s2)c(O)c(C(C)C)c1. The normalized spacial score (nSPS) is 11.6. The van der Waals surface area contributed by atoms with Crippen LogP contribution in [-0.4, -0.2) is 17.2 Å². The van der Waals surface area contributed by atoms with Crippen LogP contribution in [0.25, 0.3) is 0 Å². The zero-order valence-electron chi connectivity index (χ0n) is 14.1. The first-order valence-corrected chi connectivity index (χ1v) is 8.94. The lowest BCUT2D eigenvalue weighted by Crippen LogP contribution is -2.18. The van der Waals surface area contributed by atoms with E-state index in [4.69, 9.17) is 11.6 Å². The third-order valence-corrected chi connectivity index (χ3v) is 4.81. The fraction of sp³-hybridized carbons (Fsp3) is 0.333. The molecule has 1 heterocycles. The second-order valence-electron chi connectivity index (χ2n) is 6.16. The topological polar surface area (TPSA) is 61.7 Å². The van der Waals surface area contributed by atoms with Crippen molar-refractivity contribution >= 4 is 35.1 Å². The van der Waals surface area contributed by atoms with E-state index in [-0.39, 0.29) is 23.1 Å². The second kappa shape index (κ2) is 7.81. The summed E-state index contributed by atoms with van der Waals surface area (Å²) in [6.07, 6.45) is 1.53. The molecule has 0 saturated heterocycles. The van der Waals surface area contributed by atoms with E-state index in [1.54, 1.807) is 12.1 Å². The Kier molecular flexibility index (Phi) is 6.02. The van der Waals surface area contributed by atoms with E-state index >= 15 is 0 Å². The Morgan fingerprint density at radius 3 is 2.50 bits per heavy atom. The molecule has 0 spiro atoms. The van der Waals surface area contributed by atoms with Gasteiger partial charge in [-0.05, 0) is 41.2 Å². The van der Waals surface area contributed by atoms with Crippen molar-refractivity contribution in [2.24, 2.45) is 5.10 Å². The van der Waals surface area contributed by atoms with E-state index in [1.165, 1.54) is 17.6 Å². The molecule has 0 saturated carbocycles. The molecular weight excluding hydrogens is 344 g/mol. The van der Waals surface area contributed by atoms with Gasteiger partial charge in [0.1, 0.15) is 5.75 Å². The minimum Gasteiger partial charge on any atom is -0.507 e. The maximum atomic E-state index is 12.4. The van der Waals surface area contributed by atoms with Gasteiger partial charge in [0.15, 0.2) is 0 Å². The van der Waals surface area contributed by atoms with Gasteiger partial charge in [0.05, 0.1) is 16.1 Å². The lowest BCUT2D eigenvalue weighted by Gasteiger charge is -2.16. The van der Waals surface area contributed by atoms with Crippen molar-refractivity contribution in [3.63, 3.8) is 0 Å². The molecule has 128 valence electrons. The van der Waals surface area contributed by atoms with Gasteiger partial charge < -0.3 is 5.11 Å². The summed E-state index contributed by atoms with van der Waals surface area (Å²) in [5, 5.41) is 14.4. The number of hydrogen-bond donors (Lipinski definition) is 2. The van der Waals surface area contributed by atoms with E-state index in [9.17, 15) is 9.90 Å². The Hall–Kier alpha value is -1.85. The van der Waals surface area contributed by atoms with Gasteiger partial charge in [-0.2, -0.15) is 5.10 Å². The number of hydrogen-bond acceptors (Lipinski definition) is 4. The van der Waals surface area contributed by atoms with E-state index < -0.39 is 5.91 Å². The monoisotopic (exact) mass is 364 g/mol. The number of phenolic OH excluding ortho intramolecular Hbond substituents is 1. The van der Waals surface area contributed by atoms with Gasteiger partial charge in [-0.25, -0.2) is 5.43 Å². The molecule has 2 aromatic rings. The molecule has 2 N–H and O–H groups in total.